The molecule has 6 rings (SSSR count). The van der Waals surface area contributed by atoms with Crippen LogP contribution in [0.25, 0.3) is 0 Å². The predicted molar refractivity (Wildman–Crippen MR) is 128 cm³/mol. The summed E-state index contributed by atoms with van der Waals surface area (Å²) in [5.41, 5.74) is 12.5. The molecule has 0 atom stereocenters. The Morgan fingerprint density at radius 1 is 1.00 bits per heavy atom. The van der Waals surface area contributed by atoms with E-state index in [0.29, 0.717) is 28.9 Å². The van der Waals surface area contributed by atoms with E-state index in [9.17, 15) is 4.79 Å². The van der Waals surface area contributed by atoms with Crippen LogP contribution >= 0.6 is 23.4 Å². The first-order chi connectivity index (χ1) is 15.4. The van der Waals surface area contributed by atoms with E-state index in [2.05, 4.69) is 19.9 Å². The van der Waals surface area contributed by atoms with E-state index in [0.717, 1.165) is 42.6 Å². The molecule has 7 nitrogen and oxygen atoms in total. The topological polar surface area (TPSA) is 111 Å². The number of nitrogens with zero attached hydrogens (tertiary/aromatic N) is 4. The molecular weight excluding hydrogens is 444 g/mol. The molecule has 1 heterocycles. The van der Waals surface area contributed by atoms with Gasteiger partial charge in [0.15, 0.2) is 0 Å². The number of anilines is 2. The van der Waals surface area contributed by atoms with Crippen molar-refractivity contribution in [2.45, 2.75) is 56.4 Å². The van der Waals surface area contributed by atoms with Gasteiger partial charge in [0.25, 0.3) is 0 Å². The number of rotatable bonds is 7. The van der Waals surface area contributed by atoms with Gasteiger partial charge in [-0.15, -0.1) is 11.8 Å². The summed E-state index contributed by atoms with van der Waals surface area (Å²) >= 11 is 7.60. The second-order valence-electron chi connectivity index (χ2n) is 9.71. The van der Waals surface area contributed by atoms with E-state index in [1.54, 1.807) is 0 Å². The van der Waals surface area contributed by atoms with Crippen molar-refractivity contribution in [1.29, 1.82) is 0 Å². The molecule has 4 fully saturated rings. The number of thioether (sulfide) groups is 1. The van der Waals surface area contributed by atoms with Crippen molar-refractivity contribution in [3.63, 3.8) is 0 Å². The third-order valence-electron chi connectivity index (χ3n) is 7.31. The van der Waals surface area contributed by atoms with Gasteiger partial charge in [0, 0.05) is 17.1 Å². The van der Waals surface area contributed by atoms with Gasteiger partial charge in [-0.1, -0.05) is 23.7 Å². The summed E-state index contributed by atoms with van der Waals surface area (Å²) in [4.78, 5) is 27.9. The highest BCUT2D eigenvalue weighted by molar-refractivity contribution is 7.99. The van der Waals surface area contributed by atoms with Crippen LogP contribution in [0.1, 0.15) is 49.9 Å². The van der Waals surface area contributed by atoms with Crippen molar-refractivity contribution in [3.05, 3.63) is 40.7 Å². The number of carbonyl (C=O) groups excluding carboxylic acids is 1. The van der Waals surface area contributed by atoms with Crippen LogP contribution in [0, 0.1) is 17.8 Å². The highest BCUT2D eigenvalue weighted by Crippen LogP contribution is 2.58. The SMILES string of the molecule is Nc1nc(N)nc(CSCC(=O)N(Cc2ccc(Cl)cc2)C23CC4CC(CC(C4)C2)C3)n1. The molecule has 1 aromatic carbocycles. The molecule has 4 N–H and O–H groups in total. The molecule has 0 spiro atoms. The van der Waals surface area contributed by atoms with Crippen molar-refractivity contribution in [1.82, 2.24) is 19.9 Å². The Bertz CT molecular complexity index is 945. The average molecular weight is 473 g/mol. The van der Waals surface area contributed by atoms with Gasteiger partial charge in [0.2, 0.25) is 17.8 Å². The van der Waals surface area contributed by atoms with Crippen LogP contribution in [0.3, 0.4) is 0 Å². The molecule has 4 saturated carbocycles. The van der Waals surface area contributed by atoms with E-state index in [1.807, 2.05) is 24.3 Å². The third-order valence-corrected chi connectivity index (χ3v) is 8.47. The smallest absolute Gasteiger partial charge is 0.233 e. The van der Waals surface area contributed by atoms with Gasteiger partial charge >= 0.3 is 0 Å². The van der Waals surface area contributed by atoms with Crippen molar-refractivity contribution in [3.8, 4) is 0 Å². The molecule has 1 amide bonds. The zero-order chi connectivity index (χ0) is 22.3. The molecule has 4 aliphatic rings. The minimum absolute atomic E-state index is 0.00590. The minimum Gasteiger partial charge on any atom is -0.368 e. The maximum atomic E-state index is 13.6. The highest BCUT2D eigenvalue weighted by atomic mass is 35.5. The fraction of sp³-hybridized carbons (Fsp3) is 0.565. The Labute approximate surface area is 197 Å². The van der Waals surface area contributed by atoms with Crippen LogP contribution < -0.4 is 11.5 Å². The molecule has 0 unspecified atom stereocenters. The number of hydrogen-bond acceptors (Lipinski definition) is 7. The number of hydrogen-bond donors (Lipinski definition) is 2. The number of benzene rings is 1. The van der Waals surface area contributed by atoms with Crippen molar-refractivity contribution < 1.29 is 4.79 Å². The molecule has 0 saturated heterocycles. The third kappa shape index (κ3) is 4.53. The fourth-order valence-corrected chi connectivity index (χ4v) is 7.39. The lowest BCUT2D eigenvalue weighted by molar-refractivity contribution is -0.149. The van der Waals surface area contributed by atoms with Gasteiger partial charge in [-0.3, -0.25) is 4.79 Å². The largest absolute Gasteiger partial charge is 0.368 e. The molecule has 170 valence electrons. The van der Waals surface area contributed by atoms with Crippen LogP contribution in [0.4, 0.5) is 11.9 Å². The standard InChI is InChI=1S/C23H29ClN6OS/c24-18-3-1-14(2-4-18)11-30(23-8-15-5-16(9-23)7-17(6-15)10-23)20(31)13-32-12-19-27-21(25)29-22(26)28-19/h1-4,15-17H,5-13H2,(H4,25,26,27,28,29). The summed E-state index contributed by atoms with van der Waals surface area (Å²) < 4.78 is 0. The maximum Gasteiger partial charge on any atom is 0.233 e. The number of aromatic nitrogens is 3. The highest BCUT2D eigenvalue weighted by Gasteiger charge is 2.54. The van der Waals surface area contributed by atoms with Gasteiger partial charge in [-0.25, -0.2) is 0 Å². The van der Waals surface area contributed by atoms with E-state index in [1.165, 1.54) is 31.0 Å². The first kappa shape index (κ1) is 21.8. The van der Waals surface area contributed by atoms with Gasteiger partial charge in [-0.2, -0.15) is 15.0 Å². The monoisotopic (exact) mass is 472 g/mol. The second kappa shape index (κ2) is 8.71. The maximum absolute atomic E-state index is 13.6. The quantitative estimate of drug-likeness (QED) is 0.628. The molecule has 4 bridgehead atoms. The number of amides is 1. The van der Waals surface area contributed by atoms with Gasteiger partial charge < -0.3 is 16.4 Å². The Balaban J connectivity index is 1.33. The lowest BCUT2D eigenvalue weighted by atomic mass is 9.52. The van der Waals surface area contributed by atoms with Gasteiger partial charge in [0.1, 0.15) is 5.82 Å². The predicted octanol–water partition coefficient (Wildman–Crippen LogP) is 3.92. The van der Waals surface area contributed by atoms with E-state index in [4.69, 9.17) is 23.1 Å². The average Bonchev–Trinajstić information content (AvgIpc) is 2.71. The van der Waals surface area contributed by atoms with Gasteiger partial charge in [-0.05, 0) is 74.0 Å². The van der Waals surface area contributed by atoms with E-state index >= 15 is 0 Å². The van der Waals surface area contributed by atoms with Crippen molar-refractivity contribution >= 4 is 41.2 Å². The number of nitrogen functional groups attached to an aromatic ring is 2. The number of carbonyl (C=O) groups is 1. The number of halogens is 1. The molecule has 4 aliphatic carbocycles. The molecule has 2 aromatic rings. The zero-order valence-electron chi connectivity index (χ0n) is 18.0. The van der Waals surface area contributed by atoms with E-state index in [-0.39, 0.29) is 23.3 Å². The molecule has 9 heteroatoms. The van der Waals surface area contributed by atoms with Crippen LogP contribution in [-0.4, -0.2) is 37.1 Å². The lowest BCUT2D eigenvalue weighted by Crippen LogP contribution is -2.61. The van der Waals surface area contributed by atoms with Crippen LogP contribution in [0.5, 0.6) is 0 Å². The molecule has 0 aliphatic heterocycles. The van der Waals surface area contributed by atoms with Crippen molar-refractivity contribution in [2.75, 3.05) is 17.2 Å². The van der Waals surface area contributed by atoms with Crippen LogP contribution in [-0.2, 0) is 17.1 Å². The first-order valence-corrected chi connectivity index (χ1v) is 12.8. The van der Waals surface area contributed by atoms with Crippen LogP contribution in [0.2, 0.25) is 5.02 Å². The Morgan fingerprint density at radius 3 is 2.12 bits per heavy atom. The van der Waals surface area contributed by atoms with Gasteiger partial charge in [0.05, 0.1) is 11.5 Å². The summed E-state index contributed by atoms with van der Waals surface area (Å²) in [6.45, 7) is 0.633. The van der Waals surface area contributed by atoms with Crippen LogP contribution in [0.15, 0.2) is 24.3 Å². The van der Waals surface area contributed by atoms with E-state index < -0.39 is 0 Å². The summed E-state index contributed by atoms with van der Waals surface area (Å²) in [6, 6.07) is 7.88. The second-order valence-corrected chi connectivity index (χ2v) is 11.1. The summed E-state index contributed by atoms with van der Waals surface area (Å²) in [5, 5.41) is 0.716. The summed E-state index contributed by atoms with van der Waals surface area (Å²) in [7, 11) is 0. The Kier molecular flexibility index (Phi) is 5.92. The number of nitrogens with two attached hydrogens (primary N) is 2. The molecular formula is C23H29ClN6OS. The Hall–Kier alpha value is -2.06. The summed E-state index contributed by atoms with van der Waals surface area (Å²) in [5.74, 6) is 4.06. The normalized spacial score (nSPS) is 28.1. The molecule has 0 radical (unpaired) electrons. The summed E-state index contributed by atoms with van der Waals surface area (Å²) in [6.07, 6.45) is 7.47. The molecule has 1 aromatic heterocycles. The van der Waals surface area contributed by atoms with Crippen molar-refractivity contribution in [2.24, 2.45) is 17.8 Å². The Morgan fingerprint density at radius 2 is 1.56 bits per heavy atom. The zero-order valence-corrected chi connectivity index (χ0v) is 19.6. The lowest BCUT2D eigenvalue weighted by Gasteiger charge is -2.60. The fourth-order valence-electron chi connectivity index (χ4n) is 6.52. The first-order valence-electron chi connectivity index (χ1n) is 11.3. The minimum atomic E-state index is -0.00590. The molecule has 32 heavy (non-hydrogen) atoms.